The molecule has 0 amide bonds. The predicted molar refractivity (Wildman–Crippen MR) is 111 cm³/mol. The van der Waals surface area contributed by atoms with E-state index in [9.17, 15) is 18.0 Å². The number of sulfonamides is 1. The molecular weight excluding hydrogens is 470 g/mol. The standard InChI is InChI=1S/C19H19BrClNO5S/c1-19(2,3)17(23)11-27-18(24)15-10-14(8-9-16(15)21)28(25,26)22-13-6-4-12(20)5-7-13/h4-10,22H,11H2,1-3H3. The van der Waals surface area contributed by atoms with Gasteiger partial charge in [0.25, 0.3) is 10.0 Å². The maximum Gasteiger partial charge on any atom is 0.340 e. The third-order valence-corrected chi connectivity index (χ3v) is 5.97. The number of hydrogen-bond acceptors (Lipinski definition) is 5. The molecule has 0 bridgehead atoms. The summed E-state index contributed by atoms with van der Waals surface area (Å²) in [4.78, 5) is 24.1. The van der Waals surface area contributed by atoms with Crippen LogP contribution in [0.5, 0.6) is 0 Å². The van der Waals surface area contributed by atoms with Gasteiger partial charge >= 0.3 is 5.97 Å². The zero-order valence-electron chi connectivity index (χ0n) is 15.5. The molecule has 2 aromatic rings. The molecule has 0 aliphatic carbocycles. The third kappa shape index (κ3) is 5.80. The Hall–Kier alpha value is -1.90. The number of rotatable bonds is 6. The number of esters is 1. The summed E-state index contributed by atoms with van der Waals surface area (Å²) >= 11 is 9.29. The predicted octanol–water partition coefficient (Wildman–Crippen LogP) is 4.68. The molecule has 0 atom stereocenters. The number of anilines is 1. The van der Waals surface area contributed by atoms with Crippen LogP contribution < -0.4 is 4.72 Å². The van der Waals surface area contributed by atoms with Gasteiger partial charge in [0.05, 0.1) is 15.5 Å². The zero-order chi connectivity index (χ0) is 21.1. The van der Waals surface area contributed by atoms with Crippen LogP contribution in [-0.4, -0.2) is 26.8 Å². The maximum atomic E-state index is 12.6. The van der Waals surface area contributed by atoms with Crippen molar-refractivity contribution in [3.05, 3.63) is 57.5 Å². The minimum Gasteiger partial charge on any atom is -0.454 e. The molecule has 0 spiro atoms. The van der Waals surface area contributed by atoms with Gasteiger partial charge in [-0.3, -0.25) is 9.52 Å². The third-order valence-electron chi connectivity index (χ3n) is 3.74. The van der Waals surface area contributed by atoms with E-state index in [0.29, 0.717) is 5.69 Å². The van der Waals surface area contributed by atoms with Gasteiger partial charge < -0.3 is 4.74 Å². The van der Waals surface area contributed by atoms with Crippen molar-refractivity contribution < 1.29 is 22.7 Å². The Labute approximate surface area is 177 Å². The van der Waals surface area contributed by atoms with Crippen LogP contribution in [-0.2, 0) is 19.6 Å². The highest BCUT2D eigenvalue weighted by atomic mass is 79.9. The van der Waals surface area contributed by atoms with Crippen molar-refractivity contribution in [2.45, 2.75) is 25.7 Å². The summed E-state index contributed by atoms with van der Waals surface area (Å²) in [6, 6.07) is 10.2. The highest BCUT2D eigenvalue weighted by molar-refractivity contribution is 9.10. The van der Waals surface area contributed by atoms with Crippen LogP contribution in [0, 0.1) is 5.41 Å². The molecule has 2 rings (SSSR count). The van der Waals surface area contributed by atoms with E-state index in [1.807, 2.05) is 0 Å². The number of ether oxygens (including phenoxy) is 1. The lowest BCUT2D eigenvalue weighted by Gasteiger charge is -2.16. The fourth-order valence-electron chi connectivity index (χ4n) is 1.99. The quantitative estimate of drug-likeness (QED) is 0.597. The molecule has 0 heterocycles. The molecule has 6 nitrogen and oxygen atoms in total. The normalized spacial score (nSPS) is 11.8. The Bertz CT molecular complexity index is 998. The number of Topliss-reactive ketones (excluding diaryl/α,β-unsaturated/α-hetero) is 1. The number of ketones is 1. The SMILES string of the molecule is CC(C)(C)C(=O)COC(=O)c1cc(S(=O)(=O)Nc2ccc(Br)cc2)ccc1Cl. The van der Waals surface area contributed by atoms with Crippen LogP contribution in [0.3, 0.4) is 0 Å². The summed E-state index contributed by atoms with van der Waals surface area (Å²) in [7, 11) is -3.95. The number of hydrogen-bond donors (Lipinski definition) is 1. The summed E-state index contributed by atoms with van der Waals surface area (Å²) in [6.45, 7) is 4.69. The first-order chi connectivity index (χ1) is 12.9. The van der Waals surface area contributed by atoms with Gasteiger partial charge in [-0.1, -0.05) is 48.3 Å². The number of carbonyl (C=O) groups is 2. The lowest BCUT2D eigenvalue weighted by molar-refractivity contribution is -0.129. The fourth-order valence-corrected chi connectivity index (χ4v) is 3.53. The summed E-state index contributed by atoms with van der Waals surface area (Å²) < 4.78 is 33.4. The van der Waals surface area contributed by atoms with Gasteiger partial charge in [-0.25, -0.2) is 13.2 Å². The number of halogens is 2. The minimum atomic E-state index is -3.95. The van der Waals surface area contributed by atoms with Gasteiger partial charge in [-0.2, -0.15) is 0 Å². The van der Waals surface area contributed by atoms with Crippen molar-refractivity contribution in [2.75, 3.05) is 11.3 Å². The Morgan fingerprint density at radius 2 is 1.71 bits per heavy atom. The first-order valence-electron chi connectivity index (χ1n) is 8.18. The van der Waals surface area contributed by atoms with Gasteiger partial charge in [0.1, 0.15) is 0 Å². The molecule has 0 fully saturated rings. The fraction of sp³-hybridized carbons (Fsp3) is 0.263. The van der Waals surface area contributed by atoms with Crippen LogP contribution in [0.4, 0.5) is 5.69 Å². The molecule has 0 aliphatic rings. The molecule has 150 valence electrons. The van der Waals surface area contributed by atoms with Crippen molar-refractivity contribution in [1.82, 2.24) is 0 Å². The smallest absolute Gasteiger partial charge is 0.340 e. The van der Waals surface area contributed by atoms with E-state index in [2.05, 4.69) is 20.7 Å². The van der Waals surface area contributed by atoms with Crippen molar-refractivity contribution in [2.24, 2.45) is 5.41 Å². The number of nitrogens with one attached hydrogen (secondary N) is 1. The summed E-state index contributed by atoms with van der Waals surface area (Å²) in [5, 5.41) is 0.0239. The topological polar surface area (TPSA) is 89.5 Å². The molecule has 2 aromatic carbocycles. The molecule has 1 N–H and O–H groups in total. The molecule has 0 saturated heterocycles. The summed E-state index contributed by atoms with van der Waals surface area (Å²) in [5.74, 6) is -1.14. The number of benzene rings is 2. The maximum absolute atomic E-state index is 12.6. The van der Waals surface area contributed by atoms with E-state index in [1.165, 1.54) is 12.1 Å². The van der Waals surface area contributed by atoms with Crippen molar-refractivity contribution >= 4 is 55.0 Å². The Morgan fingerprint density at radius 3 is 2.29 bits per heavy atom. The van der Waals surface area contributed by atoms with E-state index in [4.69, 9.17) is 16.3 Å². The first-order valence-corrected chi connectivity index (χ1v) is 10.8. The molecule has 0 aliphatic heterocycles. The molecule has 0 radical (unpaired) electrons. The largest absolute Gasteiger partial charge is 0.454 e. The van der Waals surface area contributed by atoms with Gasteiger partial charge in [0, 0.05) is 15.6 Å². The van der Waals surface area contributed by atoms with E-state index >= 15 is 0 Å². The van der Waals surface area contributed by atoms with Crippen LogP contribution >= 0.6 is 27.5 Å². The average Bonchev–Trinajstić information content (AvgIpc) is 2.60. The average molecular weight is 489 g/mol. The van der Waals surface area contributed by atoms with Crippen molar-refractivity contribution in [3.8, 4) is 0 Å². The lowest BCUT2D eigenvalue weighted by atomic mass is 9.91. The van der Waals surface area contributed by atoms with E-state index in [1.54, 1.807) is 45.0 Å². The first kappa shape index (κ1) is 22.4. The van der Waals surface area contributed by atoms with Gasteiger partial charge in [-0.05, 0) is 42.5 Å². The van der Waals surface area contributed by atoms with Crippen LogP contribution in [0.2, 0.25) is 5.02 Å². The molecule has 0 aromatic heterocycles. The summed E-state index contributed by atoms with van der Waals surface area (Å²) in [6.07, 6.45) is 0. The van der Waals surface area contributed by atoms with Crippen LogP contribution in [0.25, 0.3) is 0 Å². The molecule has 9 heteroatoms. The second-order valence-electron chi connectivity index (χ2n) is 7.00. The van der Waals surface area contributed by atoms with E-state index in [0.717, 1.165) is 10.5 Å². The Kier molecular flexibility index (Phi) is 6.90. The Morgan fingerprint density at radius 1 is 1.11 bits per heavy atom. The highest BCUT2D eigenvalue weighted by Gasteiger charge is 2.24. The highest BCUT2D eigenvalue weighted by Crippen LogP contribution is 2.24. The van der Waals surface area contributed by atoms with Crippen molar-refractivity contribution in [3.63, 3.8) is 0 Å². The molecule has 28 heavy (non-hydrogen) atoms. The van der Waals surface area contributed by atoms with Gasteiger partial charge in [0.15, 0.2) is 12.4 Å². The lowest BCUT2D eigenvalue weighted by Crippen LogP contribution is -2.26. The monoisotopic (exact) mass is 487 g/mol. The van der Waals surface area contributed by atoms with Gasteiger partial charge in [-0.15, -0.1) is 0 Å². The van der Waals surface area contributed by atoms with E-state index < -0.39 is 28.0 Å². The Balaban J connectivity index is 2.22. The summed E-state index contributed by atoms with van der Waals surface area (Å²) in [5.41, 5.74) is -0.441. The van der Waals surface area contributed by atoms with Crippen molar-refractivity contribution in [1.29, 1.82) is 0 Å². The minimum absolute atomic E-state index is 0.0239. The zero-order valence-corrected chi connectivity index (χ0v) is 18.6. The number of carbonyl (C=O) groups excluding carboxylic acids is 2. The van der Waals surface area contributed by atoms with Crippen LogP contribution in [0.15, 0.2) is 51.8 Å². The molecular formula is C19H19BrClNO5S. The van der Waals surface area contributed by atoms with E-state index in [-0.39, 0.29) is 21.3 Å². The van der Waals surface area contributed by atoms with Crippen LogP contribution in [0.1, 0.15) is 31.1 Å². The second kappa shape index (κ2) is 8.63. The molecule has 0 unspecified atom stereocenters. The second-order valence-corrected chi connectivity index (χ2v) is 10.0. The molecule has 0 saturated carbocycles. The van der Waals surface area contributed by atoms with Gasteiger partial charge in [0.2, 0.25) is 0 Å².